The molecule has 0 bridgehead atoms. The molecule has 0 heterocycles. The minimum absolute atomic E-state index is 0.239. The van der Waals surface area contributed by atoms with Crippen LogP contribution in [0.2, 0.25) is 0 Å². The first-order valence-corrected chi connectivity index (χ1v) is 5.12. The number of carbonyl (C=O) groups excluding carboxylic acids is 1. The number of rotatable bonds is 8. The van der Waals surface area contributed by atoms with Gasteiger partial charge in [0.05, 0.1) is 19.8 Å². The maximum absolute atomic E-state index is 11.3. The fraction of sp³-hybridized carbons (Fsp3) is 0.900. The lowest BCUT2D eigenvalue weighted by Crippen LogP contribution is -2.48. The van der Waals surface area contributed by atoms with E-state index in [0.717, 1.165) is 0 Å². The second-order valence-electron chi connectivity index (χ2n) is 3.69. The first-order chi connectivity index (χ1) is 7.58. The summed E-state index contributed by atoms with van der Waals surface area (Å²) in [7, 11) is 4.76. The minimum atomic E-state index is -0.507. The topological polar surface area (TPSA) is 68.8 Å². The maximum Gasteiger partial charge on any atom is 0.314 e. The van der Waals surface area contributed by atoms with Crippen LogP contribution < -0.4 is 10.6 Å². The molecule has 0 saturated heterocycles. The van der Waals surface area contributed by atoms with Crippen molar-refractivity contribution in [3.63, 3.8) is 0 Å². The van der Waals surface area contributed by atoms with Gasteiger partial charge in [0, 0.05) is 27.9 Å². The summed E-state index contributed by atoms with van der Waals surface area (Å²) in [5.74, 6) is 0. The highest BCUT2D eigenvalue weighted by Gasteiger charge is 2.24. The lowest BCUT2D eigenvalue weighted by Gasteiger charge is -2.27. The molecule has 1 atom stereocenters. The lowest BCUT2D eigenvalue weighted by atomic mass is 10.1. The molecule has 2 N–H and O–H groups in total. The Balaban J connectivity index is 3.79. The Labute approximate surface area is 96.6 Å². The number of amides is 2. The minimum Gasteiger partial charge on any atom is -0.383 e. The van der Waals surface area contributed by atoms with Gasteiger partial charge in [-0.3, -0.25) is 0 Å². The van der Waals surface area contributed by atoms with Gasteiger partial charge in [-0.05, 0) is 6.92 Å². The summed E-state index contributed by atoms with van der Waals surface area (Å²) < 4.78 is 15.1. The van der Waals surface area contributed by atoms with Gasteiger partial charge < -0.3 is 24.8 Å². The molecule has 16 heavy (non-hydrogen) atoms. The van der Waals surface area contributed by atoms with Gasteiger partial charge in [-0.15, -0.1) is 0 Å². The van der Waals surface area contributed by atoms with Gasteiger partial charge in [-0.25, -0.2) is 4.79 Å². The molecule has 6 heteroatoms. The Hall–Kier alpha value is -0.850. The van der Waals surface area contributed by atoms with Gasteiger partial charge >= 0.3 is 6.03 Å². The van der Waals surface area contributed by atoms with E-state index >= 15 is 0 Å². The molecule has 0 aromatic rings. The fourth-order valence-corrected chi connectivity index (χ4v) is 1.08. The van der Waals surface area contributed by atoms with Gasteiger partial charge in [0.15, 0.2) is 0 Å². The third-order valence-electron chi connectivity index (χ3n) is 2.16. The second-order valence-corrected chi connectivity index (χ2v) is 3.69. The van der Waals surface area contributed by atoms with Crippen LogP contribution in [0.15, 0.2) is 0 Å². The molecular formula is C10H22N2O4. The number of carbonyl (C=O) groups is 1. The Kier molecular flexibility index (Phi) is 7.88. The van der Waals surface area contributed by atoms with Crippen LogP contribution >= 0.6 is 0 Å². The third kappa shape index (κ3) is 6.60. The van der Waals surface area contributed by atoms with Crippen molar-refractivity contribution >= 4 is 6.03 Å². The standard InChI is InChI=1S/C10H22N2O4/c1-10(16-4,8-15-3)7-12-9(13)11-5-6-14-2/h5-8H2,1-4H3,(H2,11,12,13)/t10-/m0/s1. The van der Waals surface area contributed by atoms with E-state index in [1.165, 1.54) is 0 Å². The molecule has 0 fully saturated rings. The Morgan fingerprint density at radius 3 is 2.38 bits per heavy atom. The van der Waals surface area contributed by atoms with Crippen molar-refractivity contribution in [3.05, 3.63) is 0 Å². The van der Waals surface area contributed by atoms with Crippen LogP contribution in [0.25, 0.3) is 0 Å². The zero-order chi connectivity index (χ0) is 12.4. The molecule has 0 aliphatic rings. The van der Waals surface area contributed by atoms with Crippen molar-refractivity contribution in [2.24, 2.45) is 0 Å². The van der Waals surface area contributed by atoms with E-state index in [1.807, 2.05) is 6.92 Å². The summed E-state index contributed by atoms with van der Waals surface area (Å²) >= 11 is 0. The van der Waals surface area contributed by atoms with E-state index in [0.29, 0.717) is 26.3 Å². The van der Waals surface area contributed by atoms with Gasteiger partial charge in [0.2, 0.25) is 0 Å². The van der Waals surface area contributed by atoms with Crippen LogP contribution in [0, 0.1) is 0 Å². The number of hydrogen-bond acceptors (Lipinski definition) is 4. The molecule has 0 rings (SSSR count). The van der Waals surface area contributed by atoms with Crippen molar-refractivity contribution in [1.29, 1.82) is 0 Å². The van der Waals surface area contributed by atoms with Gasteiger partial charge in [0.1, 0.15) is 5.60 Å². The van der Waals surface area contributed by atoms with Gasteiger partial charge in [0.25, 0.3) is 0 Å². The average molecular weight is 234 g/mol. The summed E-state index contributed by atoms with van der Waals surface area (Å²) in [5.41, 5.74) is -0.507. The Bertz CT molecular complexity index is 201. The third-order valence-corrected chi connectivity index (χ3v) is 2.16. The number of hydrogen-bond donors (Lipinski definition) is 2. The molecule has 0 radical (unpaired) electrons. The molecule has 0 unspecified atom stereocenters. The largest absolute Gasteiger partial charge is 0.383 e. The molecule has 0 aromatic heterocycles. The van der Waals surface area contributed by atoms with Crippen LogP contribution in [0.3, 0.4) is 0 Å². The summed E-state index contributed by atoms with van der Waals surface area (Å²) in [5, 5.41) is 5.36. The summed E-state index contributed by atoms with van der Waals surface area (Å²) in [6.45, 7) is 3.65. The smallest absolute Gasteiger partial charge is 0.314 e. The molecule has 96 valence electrons. The first-order valence-electron chi connectivity index (χ1n) is 5.12. The molecule has 0 aliphatic carbocycles. The molecule has 0 saturated carbocycles. The van der Waals surface area contributed by atoms with E-state index in [-0.39, 0.29) is 6.03 Å². The molecule has 6 nitrogen and oxygen atoms in total. The van der Waals surface area contributed by atoms with Crippen molar-refractivity contribution in [1.82, 2.24) is 10.6 Å². The SMILES string of the molecule is COCCNC(=O)NC[C@@](C)(COC)OC. The van der Waals surface area contributed by atoms with E-state index in [4.69, 9.17) is 14.2 Å². The first kappa shape index (κ1) is 15.2. The van der Waals surface area contributed by atoms with E-state index in [9.17, 15) is 4.79 Å². The van der Waals surface area contributed by atoms with Crippen molar-refractivity contribution in [2.45, 2.75) is 12.5 Å². The number of ether oxygens (including phenoxy) is 3. The number of nitrogens with one attached hydrogen (secondary N) is 2. The zero-order valence-corrected chi connectivity index (χ0v) is 10.5. The molecule has 2 amide bonds. The van der Waals surface area contributed by atoms with Crippen LogP contribution in [0.1, 0.15) is 6.92 Å². The molecule has 0 aliphatic heterocycles. The summed E-state index contributed by atoms with van der Waals surface area (Å²) in [4.78, 5) is 11.3. The average Bonchev–Trinajstić information content (AvgIpc) is 2.27. The predicted octanol–water partition coefficient (Wildman–Crippen LogP) is -0.0165. The lowest BCUT2D eigenvalue weighted by molar-refractivity contribution is -0.0474. The monoisotopic (exact) mass is 234 g/mol. The van der Waals surface area contributed by atoms with Crippen molar-refractivity contribution < 1.29 is 19.0 Å². The fourth-order valence-electron chi connectivity index (χ4n) is 1.08. The van der Waals surface area contributed by atoms with Crippen molar-refractivity contribution in [3.8, 4) is 0 Å². The maximum atomic E-state index is 11.3. The highest BCUT2D eigenvalue weighted by molar-refractivity contribution is 5.73. The van der Waals surface area contributed by atoms with E-state index in [1.54, 1.807) is 21.3 Å². The van der Waals surface area contributed by atoms with Crippen LogP contribution in [-0.2, 0) is 14.2 Å². The van der Waals surface area contributed by atoms with Gasteiger partial charge in [-0.1, -0.05) is 0 Å². The zero-order valence-electron chi connectivity index (χ0n) is 10.5. The molecule has 0 spiro atoms. The summed E-state index contributed by atoms with van der Waals surface area (Å²) in [6.07, 6.45) is 0. The highest BCUT2D eigenvalue weighted by atomic mass is 16.5. The molecule has 0 aromatic carbocycles. The Morgan fingerprint density at radius 2 is 1.88 bits per heavy atom. The number of urea groups is 1. The number of methoxy groups -OCH3 is 3. The van der Waals surface area contributed by atoms with Crippen LogP contribution in [0.4, 0.5) is 4.79 Å². The highest BCUT2D eigenvalue weighted by Crippen LogP contribution is 2.07. The quantitative estimate of drug-likeness (QED) is 0.579. The second kappa shape index (κ2) is 8.32. The summed E-state index contributed by atoms with van der Waals surface area (Å²) in [6, 6.07) is -0.239. The van der Waals surface area contributed by atoms with E-state index < -0.39 is 5.60 Å². The van der Waals surface area contributed by atoms with E-state index in [2.05, 4.69) is 10.6 Å². The normalized spacial score (nSPS) is 14.2. The predicted molar refractivity (Wildman–Crippen MR) is 60.6 cm³/mol. The Morgan fingerprint density at radius 1 is 1.19 bits per heavy atom. The molecular weight excluding hydrogens is 212 g/mol. The van der Waals surface area contributed by atoms with Crippen LogP contribution in [-0.4, -0.2) is 59.3 Å². The van der Waals surface area contributed by atoms with Gasteiger partial charge in [-0.2, -0.15) is 0 Å². The van der Waals surface area contributed by atoms with Crippen LogP contribution in [0.5, 0.6) is 0 Å². The van der Waals surface area contributed by atoms with Crippen molar-refractivity contribution in [2.75, 3.05) is 47.6 Å².